The predicted octanol–water partition coefficient (Wildman–Crippen LogP) is 5.39. The Kier molecular flexibility index (Phi) is 5.68. The summed E-state index contributed by atoms with van der Waals surface area (Å²) in [5, 5.41) is 2.98. The first kappa shape index (κ1) is 19.7. The lowest BCUT2D eigenvalue weighted by Gasteiger charge is -2.06. The molecule has 0 atom stereocenters. The Bertz CT molecular complexity index is 1210. The Hall–Kier alpha value is -2.65. The molecule has 1 N–H and O–H groups in total. The fourth-order valence-electron chi connectivity index (χ4n) is 2.81. The third kappa shape index (κ3) is 4.35. The van der Waals surface area contributed by atoms with E-state index in [0.29, 0.717) is 12.1 Å². The maximum absolute atomic E-state index is 13.2. The molecule has 0 saturated heterocycles. The lowest BCUT2D eigenvalue weighted by molar-refractivity contribution is 0.576. The normalized spacial score (nSPS) is 11.3. The van der Waals surface area contributed by atoms with E-state index in [1.165, 1.54) is 0 Å². The Morgan fingerprint density at radius 1 is 0.862 bits per heavy atom. The van der Waals surface area contributed by atoms with Gasteiger partial charge in [0, 0.05) is 15.7 Å². The standard InChI is InChI=1S/C22H17IN2O3S/c23-18-13-11-17(12-14-18)20-25-22(29(26,27)19-9-5-2-6-10-19)21(28-20)24-15-16-7-3-1-4-8-16/h1-14,24H,15H2. The molecule has 0 bridgehead atoms. The largest absolute Gasteiger partial charge is 0.419 e. The molecule has 1 aromatic heterocycles. The summed E-state index contributed by atoms with van der Waals surface area (Å²) < 4.78 is 33.3. The van der Waals surface area contributed by atoms with Crippen LogP contribution in [0.15, 0.2) is 99.3 Å². The Morgan fingerprint density at radius 3 is 2.14 bits per heavy atom. The van der Waals surface area contributed by atoms with E-state index in [4.69, 9.17) is 4.42 Å². The van der Waals surface area contributed by atoms with Crippen molar-refractivity contribution < 1.29 is 12.8 Å². The molecule has 29 heavy (non-hydrogen) atoms. The van der Waals surface area contributed by atoms with Gasteiger partial charge in [-0.25, -0.2) is 8.42 Å². The number of nitrogens with zero attached hydrogens (tertiary/aromatic N) is 1. The van der Waals surface area contributed by atoms with Crippen molar-refractivity contribution in [2.75, 3.05) is 5.32 Å². The molecule has 0 saturated carbocycles. The van der Waals surface area contributed by atoms with Crippen LogP contribution < -0.4 is 5.32 Å². The Morgan fingerprint density at radius 2 is 1.48 bits per heavy atom. The van der Waals surface area contributed by atoms with Crippen LogP contribution in [0.3, 0.4) is 0 Å². The van der Waals surface area contributed by atoms with Crippen molar-refractivity contribution in [1.29, 1.82) is 0 Å². The zero-order valence-corrected chi connectivity index (χ0v) is 18.2. The summed E-state index contributed by atoms with van der Waals surface area (Å²) in [5.41, 5.74) is 1.71. The molecule has 0 radical (unpaired) electrons. The van der Waals surface area contributed by atoms with Gasteiger partial charge in [0.1, 0.15) is 0 Å². The van der Waals surface area contributed by atoms with E-state index < -0.39 is 9.84 Å². The molecule has 0 spiro atoms. The second-order valence-corrected chi connectivity index (χ2v) is 9.43. The number of rotatable bonds is 6. The van der Waals surface area contributed by atoms with E-state index in [-0.39, 0.29) is 21.7 Å². The number of nitrogens with one attached hydrogen (secondary N) is 1. The summed E-state index contributed by atoms with van der Waals surface area (Å²) >= 11 is 2.21. The van der Waals surface area contributed by atoms with Crippen LogP contribution in [-0.4, -0.2) is 13.4 Å². The summed E-state index contributed by atoms with van der Waals surface area (Å²) in [5.74, 6) is 0.387. The van der Waals surface area contributed by atoms with Crippen LogP contribution in [0.1, 0.15) is 5.56 Å². The van der Waals surface area contributed by atoms with Crippen molar-refractivity contribution in [3.05, 3.63) is 94.1 Å². The van der Waals surface area contributed by atoms with Crippen LogP contribution in [0.2, 0.25) is 0 Å². The topological polar surface area (TPSA) is 72.2 Å². The molecule has 5 nitrogen and oxygen atoms in total. The third-order valence-electron chi connectivity index (χ3n) is 4.29. The van der Waals surface area contributed by atoms with Crippen molar-refractivity contribution in [2.45, 2.75) is 16.5 Å². The van der Waals surface area contributed by atoms with Crippen LogP contribution >= 0.6 is 22.6 Å². The Balaban J connectivity index is 1.76. The average Bonchev–Trinajstić information content (AvgIpc) is 3.19. The van der Waals surface area contributed by atoms with Gasteiger partial charge in [-0.05, 0) is 64.6 Å². The molecule has 0 amide bonds. The first-order valence-electron chi connectivity index (χ1n) is 8.89. The highest BCUT2D eigenvalue weighted by Crippen LogP contribution is 2.32. The number of hydrogen-bond donors (Lipinski definition) is 1. The molecule has 7 heteroatoms. The van der Waals surface area contributed by atoms with E-state index in [1.807, 2.05) is 54.6 Å². The van der Waals surface area contributed by atoms with Gasteiger partial charge in [0.15, 0.2) is 0 Å². The number of sulfone groups is 1. The first-order valence-corrected chi connectivity index (χ1v) is 11.4. The van der Waals surface area contributed by atoms with Gasteiger partial charge in [0.05, 0.1) is 4.90 Å². The number of hydrogen-bond acceptors (Lipinski definition) is 5. The van der Waals surface area contributed by atoms with Crippen LogP contribution in [0.4, 0.5) is 5.88 Å². The second kappa shape index (κ2) is 8.38. The van der Waals surface area contributed by atoms with Crippen LogP contribution in [0.5, 0.6) is 0 Å². The lowest BCUT2D eigenvalue weighted by atomic mass is 10.2. The van der Waals surface area contributed by atoms with Gasteiger partial charge < -0.3 is 9.73 Å². The van der Waals surface area contributed by atoms with Gasteiger partial charge in [-0.2, -0.15) is 4.98 Å². The third-order valence-corrected chi connectivity index (χ3v) is 6.69. The zero-order chi connectivity index (χ0) is 20.3. The minimum absolute atomic E-state index is 0.117. The fourth-order valence-corrected chi connectivity index (χ4v) is 4.46. The molecule has 4 rings (SSSR count). The van der Waals surface area contributed by atoms with E-state index in [0.717, 1.165) is 9.13 Å². The molecule has 3 aromatic carbocycles. The van der Waals surface area contributed by atoms with Crippen LogP contribution in [0, 0.1) is 3.57 Å². The van der Waals surface area contributed by atoms with Crippen molar-refractivity contribution in [3.8, 4) is 11.5 Å². The molecule has 0 aliphatic rings. The zero-order valence-electron chi connectivity index (χ0n) is 15.2. The molecule has 0 aliphatic heterocycles. The molecule has 4 aromatic rings. The number of oxazole rings is 1. The molecule has 0 aliphatic carbocycles. The second-order valence-electron chi connectivity index (χ2n) is 6.32. The number of aromatic nitrogens is 1. The molecule has 0 unspecified atom stereocenters. The van der Waals surface area contributed by atoms with Crippen molar-refractivity contribution in [1.82, 2.24) is 4.98 Å². The van der Waals surface area contributed by atoms with Crippen LogP contribution in [0.25, 0.3) is 11.5 Å². The van der Waals surface area contributed by atoms with E-state index >= 15 is 0 Å². The van der Waals surface area contributed by atoms with Gasteiger partial charge in [-0.15, -0.1) is 0 Å². The van der Waals surface area contributed by atoms with Crippen LogP contribution in [-0.2, 0) is 16.4 Å². The van der Waals surface area contributed by atoms with Crippen molar-refractivity contribution >= 4 is 38.3 Å². The highest BCUT2D eigenvalue weighted by Gasteiger charge is 2.28. The van der Waals surface area contributed by atoms with Gasteiger partial charge in [0.2, 0.25) is 26.6 Å². The Labute approximate surface area is 182 Å². The van der Waals surface area contributed by atoms with Crippen molar-refractivity contribution in [3.63, 3.8) is 0 Å². The van der Waals surface area contributed by atoms with Gasteiger partial charge >= 0.3 is 0 Å². The molecule has 1 heterocycles. The lowest BCUT2D eigenvalue weighted by Crippen LogP contribution is -2.07. The van der Waals surface area contributed by atoms with E-state index in [2.05, 4.69) is 32.9 Å². The van der Waals surface area contributed by atoms with Gasteiger partial charge in [-0.3, -0.25) is 0 Å². The maximum atomic E-state index is 13.2. The predicted molar refractivity (Wildman–Crippen MR) is 120 cm³/mol. The molecule has 146 valence electrons. The van der Waals surface area contributed by atoms with Gasteiger partial charge in [-0.1, -0.05) is 48.5 Å². The quantitative estimate of drug-likeness (QED) is 0.348. The SMILES string of the molecule is O=S(=O)(c1ccccc1)c1nc(-c2ccc(I)cc2)oc1NCc1ccccc1. The number of benzene rings is 3. The highest BCUT2D eigenvalue weighted by molar-refractivity contribution is 14.1. The number of halogens is 1. The number of anilines is 1. The fraction of sp³-hybridized carbons (Fsp3) is 0.0455. The first-order chi connectivity index (χ1) is 14.0. The van der Waals surface area contributed by atoms with E-state index in [9.17, 15) is 8.42 Å². The summed E-state index contributed by atoms with van der Waals surface area (Å²) in [6.45, 7) is 0.416. The summed E-state index contributed by atoms with van der Waals surface area (Å²) in [7, 11) is -3.84. The average molecular weight is 516 g/mol. The highest BCUT2D eigenvalue weighted by atomic mass is 127. The summed E-state index contributed by atoms with van der Waals surface area (Å²) in [4.78, 5) is 4.52. The summed E-state index contributed by atoms with van der Waals surface area (Å²) in [6, 6.07) is 25.5. The monoisotopic (exact) mass is 516 g/mol. The minimum atomic E-state index is -3.84. The smallest absolute Gasteiger partial charge is 0.234 e. The van der Waals surface area contributed by atoms with E-state index in [1.54, 1.807) is 30.3 Å². The maximum Gasteiger partial charge on any atom is 0.234 e. The summed E-state index contributed by atoms with van der Waals surface area (Å²) in [6.07, 6.45) is 0. The molecular weight excluding hydrogens is 499 g/mol. The minimum Gasteiger partial charge on any atom is -0.419 e. The van der Waals surface area contributed by atoms with Gasteiger partial charge in [0.25, 0.3) is 0 Å². The van der Waals surface area contributed by atoms with Crippen molar-refractivity contribution in [2.24, 2.45) is 0 Å². The molecule has 0 fully saturated rings. The molecular formula is C22H17IN2O3S.